The lowest BCUT2D eigenvalue weighted by Gasteiger charge is -2.28. The van der Waals surface area contributed by atoms with Crippen LogP contribution in [-0.4, -0.2) is 25.2 Å². The fourth-order valence-electron chi connectivity index (χ4n) is 3.64. The number of nitrogens with one attached hydrogen (secondary N) is 1. The van der Waals surface area contributed by atoms with Crippen LogP contribution < -0.4 is 5.32 Å². The van der Waals surface area contributed by atoms with Gasteiger partial charge < -0.3 is 5.32 Å². The topological polar surface area (TPSA) is 66.5 Å². The average molecular weight is 421 g/mol. The first kappa shape index (κ1) is 20.3. The maximum atomic E-state index is 13.0. The van der Waals surface area contributed by atoms with E-state index >= 15 is 0 Å². The van der Waals surface area contributed by atoms with E-state index < -0.39 is 10.0 Å². The number of aryl methyl sites for hydroxylation is 2. The van der Waals surface area contributed by atoms with Crippen LogP contribution in [-0.2, 0) is 23.0 Å². The van der Waals surface area contributed by atoms with Gasteiger partial charge in [0.25, 0.3) is 5.91 Å². The summed E-state index contributed by atoms with van der Waals surface area (Å²) in [7, 11) is -3.55. The van der Waals surface area contributed by atoms with Crippen LogP contribution in [0.5, 0.6) is 0 Å². The highest BCUT2D eigenvalue weighted by Crippen LogP contribution is 2.27. The highest BCUT2D eigenvalue weighted by atomic mass is 32.2. The number of hydrogen-bond acceptors (Lipinski definition) is 3. The Hall–Kier alpha value is -2.96. The van der Waals surface area contributed by atoms with Gasteiger partial charge in [0, 0.05) is 24.3 Å². The molecule has 0 bridgehead atoms. The van der Waals surface area contributed by atoms with Crippen LogP contribution >= 0.6 is 0 Å². The summed E-state index contributed by atoms with van der Waals surface area (Å²) in [5, 5.41) is 2.93. The molecular weight excluding hydrogens is 396 g/mol. The maximum absolute atomic E-state index is 13.0. The van der Waals surface area contributed by atoms with Gasteiger partial charge in [0.2, 0.25) is 10.0 Å². The molecule has 0 atom stereocenters. The van der Waals surface area contributed by atoms with Crippen LogP contribution in [0.3, 0.4) is 0 Å². The molecule has 3 aromatic rings. The zero-order valence-electron chi connectivity index (χ0n) is 17.1. The first-order valence-electron chi connectivity index (χ1n) is 9.90. The van der Waals surface area contributed by atoms with E-state index in [9.17, 15) is 13.2 Å². The molecule has 1 aliphatic heterocycles. The van der Waals surface area contributed by atoms with Crippen LogP contribution in [0.15, 0.2) is 71.6 Å². The fraction of sp³-hybridized carbons (Fsp3) is 0.208. The number of hydrogen-bond donors (Lipinski definition) is 1. The molecule has 1 aliphatic rings. The number of anilines is 1. The van der Waals surface area contributed by atoms with Crippen molar-refractivity contribution in [2.24, 2.45) is 0 Å². The van der Waals surface area contributed by atoms with E-state index in [1.165, 1.54) is 4.31 Å². The minimum atomic E-state index is -3.55. The van der Waals surface area contributed by atoms with Crippen LogP contribution in [0.4, 0.5) is 5.69 Å². The predicted octanol–water partition coefficient (Wildman–Crippen LogP) is 4.30. The lowest BCUT2D eigenvalue weighted by atomic mass is 10.0. The van der Waals surface area contributed by atoms with Gasteiger partial charge in [-0.1, -0.05) is 30.3 Å². The minimum Gasteiger partial charge on any atom is -0.322 e. The van der Waals surface area contributed by atoms with Crippen LogP contribution in [0, 0.1) is 13.8 Å². The van der Waals surface area contributed by atoms with Crippen molar-refractivity contribution in [3.8, 4) is 0 Å². The molecule has 0 fully saturated rings. The molecule has 0 unspecified atom stereocenters. The first-order chi connectivity index (χ1) is 14.3. The van der Waals surface area contributed by atoms with Crippen LogP contribution in [0.2, 0.25) is 0 Å². The van der Waals surface area contributed by atoms with Crippen molar-refractivity contribution < 1.29 is 13.2 Å². The van der Waals surface area contributed by atoms with Crippen molar-refractivity contribution in [3.63, 3.8) is 0 Å². The second kappa shape index (κ2) is 8.05. The average Bonchev–Trinajstić information content (AvgIpc) is 2.75. The summed E-state index contributed by atoms with van der Waals surface area (Å²) in [6.07, 6.45) is 0.646. The number of benzene rings is 3. The number of sulfonamides is 1. The Bertz CT molecular complexity index is 1200. The van der Waals surface area contributed by atoms with Crippen molar-refractivity contribution >= 4 is 21.6 Å². The maximum Gasteiger partial charge on any atom is 0.255 e. The molecule has 5 nitrogen and oxygen atoms in total. The molecule has 6 heteroatoms. The Morgan fingerprint density at radius 3 is 2.40 bits per heavy atom. The van der Waals surface area contributed by atoms with Gasteiger partial charge in [-0.25, -0.2) is 8.42 Å². The van der Waals surface area contributed by atoms with Gasteiger partial charge in [-0.05, 0) is 78.9 Å². The molecule has 154 valence electrons. The zero-order chi connectivity index (χ0) is 21.3. The van der Waals surface area contributed by atoms with Crippen molar-refractivity contribution in [2.45, 2.75) is 31.7 Å². The number of rotatable bonds is 4. The van der Waals surface area contributed by atoms with Gasteiger partial charge in [-0.3, -0.25) is 4.79 Å². The van der Waals surface area contributed by atoms with Gasteiger partial charge in [-0.15, -0.1) is 0 Å². The summed E-state index contributed by atoms with van der Waals surface area (Å²) in [5.74, 6) is -0.178. The summed E-state index contributed by atoms with van der Waals surface area (Å²) in [4.78, 5) is 12.9. The Balaban J connectivity index is 1.55. The lowest BCUT2D eigenvalue weighted by Crippen LogP contribution is -2.36. The van der Waals surface area contributed by atoms with Crippen molar-refractivity contribution in [1.29, 1.82) is 0 Å². The molecule has 3 aromatic carbocycles. The molecular formula is C24H24N2O3S. The highest BCUT2D eigenvalue weighted by Gasteiger charge is 2.28. The summed E-state index contributed by atoms with van der Waals surface area (Å²) >= 11 is 0. The summed E-state index contributed by atoms with van der Waals surface area (Å²) in [6, 6.07) is 19.8. The summed E-state index contributed by atoms with van der Waals surface area (Å²) in [6.45, 7) is 4.72. The smallest absolute Gasteiger partial charge is 0.255 e. The molecule has 0 aliphatic carbocycles. The molecule has 0 radical (unpaired) electrons. The third-order valence-corrected chi connectivity index (χ3v) is 7.45. The number of carbonyl (C=O) groups excluding carboxylic acids is 1. The molecule has 0 saturated carbocycles. The van der Waals surface area contributed by atoms with Gasteiger partial charge in [0.05, 0.1) is 4.90 Å². The predicted molar refractivity (Wildman–Crippen MR) is 118 cm³/mol. The second-order valence-electron chi connectivity index (χ2n) is 7.64. The Kier molecular flexibility index (Phi) is 5.45. The molecule has 30 heavy (non-hydrogen) atoms. The van der Waals surface area contributed by atoms with Gasteiger partial charge in [0.15, 0.2) is 0 Å². The fourth-order valence-corrected chi connectivity index (χ4v) is 5.08. The second-order valence-corrected chi connectivity index (χ2v) is 9.58. The molecule has 1 amide bonds. The molecule has 0 aromatic heterocycles. The van der Waals surface area contributed by atoms with E-state index in [1.54, 1.807) is 30.3 Å². The molecule has 0 spiro atoms. The molecule has 4 rings (SSSR count). The van der Waals surface area contributed by atoms with E-state index in [-0.39, 0.29) is 5.91 Å². The van der Waals surface area contributed by atoms with Gasteiger partial charge in [-0.2, -0.15) is 4.31 Å². The quantitative estimate of drug-likeness (QED) is 0.684. The number of amides is 1. The number of fused-ring (bicyclic) bond motifs is 1. The van der Waals surface area contributed by atoms with E-state index in [2.05, 4.69) is 5.32 Å². The molecule has 0 saturated heterocycles. The number of nitrogens with zero attached hydrogens (tertiary/aromatic N) is 1. The highest BCUT2D eigenvalue weighted by molar-refractivity contribution is 7.89. The minimum absolute atomic E-state index is 0.178. The van der Waals surface area contributed by atoms with E-state index in [0.29, 0.717) is 35.7 Å². The van der Waals surface area contributed by atoms with E-state index in [0.717, 1.165) is 22.3 Å². The Morgan fingerprint density at radius 2 is 1.67 bits per heavy atom. The van der Waals surface area contributed by atoms with Gasteiger partial charge >= 0.3 is 0 Å². The molecule has 1 heterocycles. The lowest BCUT2D eigenvalue weighted by molar-refractivity contribution is 0.102. The third kappa shape index (κ3) is 4.01. The zero-order valence-corrected chi connectivity index (χ0v) is 17.9. The van der Waals surface area contributed by atoms with Crippen LogP contribution in [0.1, 0.15) is 32.6 Å². The van der Waals surface area contributed by atoms with E-state index in [4.69, 9.17) is 0 Å². The monoisotopic (exact) mass is 420 g/mol. The Morgan fingerprint density at radius 1 is 0.900 bits per heavy atom. The largest absolute Gasteiger partial charge is 0.322 e. The van der Waals surface area contributed by atoms with Crippen molar-refractivity contribution in [1.82, 2.24) is 4.31 Å². The normalized spacial score (nSPS) is 14.2. The van der Waals surface area contributed by atoms with Crippen LogP contribution in [0.25, 0.3) is 0 Å². The first-order valence-corrected chi connectivity index (χ1v) is 11.3. The van der Waals surface area contributed by atoms with Gasteiger partial charge in [0.1, 0.15) is 0 Å². The van der Waals surface area contributed by atoms with Crippen molar-refractivity contribution in [3.05, 3.63) is 94.5 Å². The van der Waals surface area contributed by atoms with E-state index in [1.807, 2.05) is 50.2 Å². The Labute approximate surface area is 177 Å². The number of carbonyl (C=O) groups is 1. The summed E-state index contributed by atoms with van der Waals surface area (Å²) in [5.41, 5.74) is 5.49. The summed E-state index contributed by atoms with van der Waals surface area (Å²) < 4.78 is 27.4. The SMILES string of the molecule is Cc1ccc(C(=O)Nc2ccc3c(c2)CN(S(=O)(=O)c2ccccc2)CC3)cc1C. The third-order valence-electron chi connectivity index (χ3n) is 5.59. The van der Waals surface area contributed by atoms with Crippen molar-refractivity contribution in [2.75, 3.05) is 11.9 Å². The standard InChI is InChI=1S/C24H24N2O3S/c1-17-8-9-20(14-18(17)2)24(27)25-22-11-10-19-12-13-26(16-21(19)15-22)30(28,29)23-6-4-3-5-7-23/h3-11,14-15H,12-13,16H2,1-2H3,(H,25,27). The molecule has 1 N–H and O–H groups in total.